The molecule has 1 amide bonds. The molecule has 33 heavy (non-hydrogen) atoms. The molecule has 0 spiro atoms. The first kappa shape index (κ1) is 24.2. The van der Waals surface area contributed by atoms with Crippen LogP contribution < -0.4 is 10.1 Å². The number of nitrogens with one attached hydrogen (secondary N) is 1. The van der Waals surface area contributed by atoms with E-state index in [-0.39, 0.29) is 4.88 Å². The van der Waals surface area contributed by atoms with Crippen molar-refractivity contribution in [2.24, 2.45) is 0 Å². The van der Waals surface area contributed by atoms with Crippen LogP contribution in [0.4, 0.5) is 13.2 Å². The van der Waals surface area contributed by atoms with Crippen LogP contribution in [0.3, 0.4) is 0 Å². The zero-order chi connectivity index (χ0) is 24.0. The van der Waals surface area contributed by atoms with E-state index in [0.717, 1.165) is 34.8 Å². The van der Waals surface area contributed by atoms with E-state index >= 15 is 0 Å². The summed E-state index contributed by atoms with van der Waals surface area (Å²) in [4.78, 5) is 28.8. The molecule has 0 atom stereocenters. The van der Waals surface area contributed by atoms with Crippen LogP contribution in [0.15, 0.2) is 48.5 Å². The fourth-order valence-corrected chi connectivity index (χ4v) is 3.86. The van der Waals surface area contributed by atoms with Gasteiger partial charge in [-0.25, -0.2) is 9.78 Å². The van der Waals surface area contributed by atoms with Crippen LogP contribution in [-0.2, 0) is 22.1 Å². The van der Waals surface area contributed by atoms with Crippen LogP contribution in [0, 0.1) is 6.92 Å². The molecular weight excluding hydrogens is 457 g/mol. The third-order valence-corrected chi connectivity index (χ3v) is 5.86. The van der Waals surface area contributed by atoms with Crippen LogP contribution in [0.2, 0.25) is 0 Å². The third-order valence-electron chi connectivity index (χ3n) is 4.67. The standard InChI is InChI=1S/C23H21F3N2O4S/c1-14-20(33-21(28-14)16-5-7-17(8-6-16)23(24,25)26)22(30)32-13-19(29)27-12-11-15-3-9-18(31-2)10-4-15/h3-10H,11-13H2,1-2H3,(H,27,29). The maximum Gasteiger partial charge on any atom is 0.416 e. The van der Waals surface area contributed by atoms with Crippen LogP contribution in [0.5, 0.6) is 5.75 Å². The van der Waals surface area contributed by atoms with Crippen LogP contribution in [0.1, 0.15) is 26.5 Å². The number of nitrogens with zero attached hydrogens (tertiary/aromatic N) is 1. The fraction of sp³-hybridized carbons (Fsp3) is 0.261. The molecule has 2 aromatic carbocycles. The molecule has 3 rings (SSSR count). The molecule has 1 heterocycles. The van der Waals surface area contributed by atoms with Gasteiger partial charge in [0.2, 0.25) is 0 Å². The zero-order valence-corrected chi connectivity index (χ0v) is 18.7. The second-order valence-corrected chi connectivity index (χ2v) is 8.03. The number of rotatable bonds is 8. The highest BCUT2D eigenvalue weighted by Gasteiger charge is 2.30. The second-order valence-electron chi connectivity index (χ2n) is 7.03. The molecule has 0 radical (unpaired) electrons. The second kappa shape index (κ2) is 10.5. The minimum atomic E-state index is -4.43. The fourth-order valence-electron chi connectivity index (χ4n) is 2.90. The molecule has 10 heteroatoms. The SMILES string of the molecule is COc1ccc(CCNC(=O)COC(=O)c2sc(-c3ccc(C(F)(F)F)cc3)nc2C)cc1. The lowest BCUT2D eigenvalue weighted by atomic mass is 10.1. The van der Waals surface area contributed by atoms with Crippen molar-refractivity contribution in [1.29, 1.82) is 0 Å². The number of hydrogen-bond acceptors (Lipinski definition) is 6. The molecule has 0 saturated heterocycles. The first-order valence-corrected chi connectivity index (χ1v) is 10.7. The topological polar surface area (TPSA) is 77.5 Å². The maximum absolute atomic E-state index is 12.7. The summed E-state index contributed by atoms with van der Waals surface area (Å²) in [6.07, 6.45) is -3.82. The molecule has 0 saturated carbocycles. The number of alkyl halides is 3. The average molecular weight is 478 g/mol. The molecule has 3 aromatic rings. The smallest absolute Gasteiger partial charge is 0.416 e. The summed E-state index contributed by atoms with van der Waals surface area (Å²) in [5.74, 6) is -0.412. The molecule has 1 N–H and O–H groups in total. The maximum atomic E-state index is 12.7. The van der Waals surface area contributed by atoms with E-state index in [1.165, 1.54) is 12.1 Å². The Morgan fingerprint density at radius 2 is 1.73 bits per heavy atom. The van der Waals surface area contributed by atoms with E-state index in [0.29, 0.717) is 29.2 Å². The molecule has 0 unspecified atom stereocenters. The van der Waals surface area contributed by atoms with Crippen LogP contribution in [-0.4, -0.2) is 37.1 Å². The normalized spacial score (nSPS) is 11.2. The van der Waals surface area contributed by atoms with Gasteiger partial charge in [0, 0.05) is 12.1 Å². The molecule has 174 valence electrons. The molecule has 0 aliphatic heterocycles. The molecule has 0 fully saturated rings. The number of aryl methyl sites for hydroxylation is 1. The Bertz CT molecular complexity index is 1110. The number of carbonyl (C=O) groups is 2. The predicted octanol–water partition coefficient (Wildman–Crippen LogP) is 4.66. The summed E-state index contributed by atoms with van der Waals surface area (Å²) in [5, 5.41) is 3.06. The van der Waals surface area contributed by atoms with Crippen molar-refractivity contribution in [3.8, 4) is 16.3 Å². The van der Waals surface area contributed by atoms with Crippen molar-refractivity contribution < 1.29 is 32.2 Å². The molecule has 0 aliphatic rings. The molecular formula is C23H21F3N2O4S. The zero-order valence-electron chi connectivity index (χ0n) is 17.9. The molecule has 0 bridgehead atoms. The number of benzene rings is 2. The van der Waals surface area contributed by atoms with Gasteiger partial charge in [0.15, 0.2) is 6.61 Å². The van der Waals surface area contributed by atoms with Crippen molar-refractivity contribution in [2.45, 2.75) is 19.5 Å². The first-order chi connectivity index (χ1) is 15.7. The van der Waals surface area contributed by atoms with Crippen molar-refractivity contribution in [2.75, 3.05) is 20.3 Å². The summed E-state index contributed by atoms with van der Waals surface area (Å²) < 4.78 is 48.3. The van der Waals surface area contributed by atoms with E-state index < -0.39 is 30.2 Å². The Hall–Kier alpha value is -3.40. The Balaban J connectivity index is 1.50. The molecule has 6 nitrogen and oxygen atoms in total. The number of amides is 1. The Labute approximate surface area is 192 Å². The van der Waals surface area contributed by atoms with Gasteiger partial charge in [-0.1, -0.05) is 24.3 Å². The van der Waals surface area contributed by atoms with E-state index in [4.69, 9.17) is 9.47 Å². The Morgan fingerprint density at radius 1 is 1.06 bits per heavy atom. The molecule has 1 aromatic heterocycles. The van der Waals surface area contributed by atoms with Gasteiger partial charge in [0.1, 0.15) is 15.6 Å². The van der Waals surface area contributed by atoms with Crippen molar-refractivity contribution in [3.05, 3.63) is 70.2 Å². The largest absolute Gasteiger partial charge is 0.497 e. The van der Waals surface area contributed by atoms with Gasteiger partial charge in [-0.2, -0.15) is 13.2 Å². The van der Waals surface area contributed by atoms with Crippen LogP contribution in [0.25, 0.3) is 10.6 Å². The van der Waals surface area contributed by atoms with E-state index in [9.17, 15) is 22.8 Å². The Morgan fingerprint density at radius 3 is 2.33 bits per heavy atom. The lowest BCUT2D eigenvalue weighted by Gasteiger charge is -2.07. The summed E-state index contributed by atoms with van der Waals surface area (Å²) in [5.41, 5.74) is 1.08. The van der Waals surface area contributed by atoms with Gasteiger partial charge in [-0.05, 0) is 43.2 Å². The third kappa shape index (κ3) is 6.55. The minimum Gasteiger partial charge on any atom is -0.497 e. The van der Waals surface area contributed by atoms with Gasteiger partial charge >= 0.3 is 12.1 Å². The number of esters is 1. The van der Waals surface area contributed by atoms with Gasteiger partial charge < -0.3 is 14.8 Å². The highest BCUT2D eigenvalue weighted by Crippen LogP contribution is 2.33. The number of halogens is 3. The summed E-state index contributed by atoms with van der Waals surface area (Å²) in [6.45, 7) is 1.52. The number of ether oxygens (including phenoxy) is 2. The van der Waals surface area contributed by atoms with E-state index in [1.54, 1.807) is 14.0 Å². The lowest BCUT2D eigenvalue weighted by molar-refractivity contribution is -0.137. The quantitative estimate of drug-likeness (QED) is 0.477. The van der Waals surface area contributed by atoms with Gasteiger partial charge in [-0.3, -0.25) is 4.79 Å². The van der Waals surface area contributed by atoms with E-state index in [1.807, 2.05) is 24.3 Å². The summed E-state index contributed by atoms with van der Waals surface area (Å²) >= 11 is 0.995. The Kier molecular flexibility index (Phi) is 7.70. The predicted molar refractivity (Wildman–Crippen MR) is 117 cm³/mol. The van der Waals surface area contributed by atoms with Gasteiger partial charge in [-0.15, -0.1) is 11.3 Å². The van der Waals surface area contributed by atoms with Crippen molar-refractivity contribution >= 4 is 23.2 Å². The molecule has 0 aliphatic carbocycles. The number of carbonyl (C=O) groups excluding carboxylic acids is 2. The monoisotopic (exact) mass is 478 g/mol. The summed E-state index contributed by atoms with van der Waals surface area (Å²) in [7, 11) is 1.58. The number of hydrogen-bond donors (Lipinski definition) is 1. The van der Waals surface area contributed by atoms with Gasteiger partial charge in [0.25, 0.3) is 5.91 Å². The number of methoxy groups -OCH3 is 1. The highest BCUT2D eigenvalue weighted by atomic mass is 32.1. The minimum absolute atomic E-state index is 0.191. The van der Waals surface area contributed by atoms with Crippen LogP contribution >= 0.6 is 11.3 Å². The highest BCUT2D eigenvalue weighted by molar-refractivity contribution is 7.17. The average Bonchev–Trinajstić information content (AvgIpc) is 3.19. The number of thiazole rings is 1. The number of aromatic nitrogens is 1. The van der Waals surface area contributed by atoms with Crippen molar-refractivity contribution in [1.82, 2.24) is 10.3 Å². The van der Waals surface area contributed by atoms with E-state index in [2.05, 4.69) is 10.3 Å². The first-order valence-electron chi connectivity index (χ1n) is 9.89. The van der Waals surface area contributed by atoms with Gasteiger partial charge in [0.05, 0.1) is 18.4 Å². The lowest BCUT2D eigenvalue weighted by Crippen LogP contribution is -2.30. The summed E-state index contributed by atoms with van der Waals surface area (Å²) in [6, 6.07) is 12.0. The van der Waals surface area contributed by atoms with Crippen molar-refractivity contribution in [3.63, 3.8) is 0 Å².